The molecule has 2 N–H and O–H groups in total. The summed E-state index contributed by atoms with van der Waals surface area (Å²) in [6.07, 6.45) is 1.75. The molecular weight excluding hydrogens is 529 g/mol. The smallest absolute Gasteiger partial charge is 0.250 e. The number of rotatable bonds is 8. The summed E-state index contributed by atoms with van der Waals surface area (Å²) in [6, 6.07) is 19.4. The van der Waals surface area contributed by atoms with Crippen LogP contribution in [0.4, 0.5) is 15.8 Å². The summed E-state index contributed by atoms with van der Waals surface area (Å²) in [5.74, 6) is -0.112. The minimum absolute atomic E-state index is 0.0938. The summed E-state index contributed by atoms with van der Waals surface area (Å²) >= 11 is 5.89. The van der Waals surface area contributed by atoms with Gasteiger partial charge in [-0.3, -0.25) is 9.78 Å². The minimum atomic E-state index is -0.329. The fourth-order valence-corrected chi connectivity index (χ4v) is 5.65. The standard InChI is InChI=1S/C30H30FN5O3S/c1-18-15-21(19(2)35(18)25-11-6-5-9-22(25)31)29-28(23-10-7-8-14-32-23)34-30(40)36(29)20-12-13-26(39-4)24(16-20)33-27(37)17-38-3/h5-16,28-29H,17H2,1-4H3,(H,33,37)(H,34,40). The van der Waals surface area contributed by atoms with Gasteiger partial charge < -0.3 is 29.6 Å². The number of thiocarbonyl (C=S) groups is 1. The number of hydrogen-bond donors (Lipinski definition) is 2. The zero-order valence-electron chi connectivity index (χ0n) is 22.6. The number of pyridine rings is 1. The molecule has 2 unspecified atom stereocenters. The molecule has 2 aromatic carbocycles. The van der Waals surface area contributed by atoms with Gasteiger partial charge in [-0.15, -0.1) is 0 Å². The molecule has 0 saturated carbocycles. The van der Waals surface area contributed by atoms with E-state index < -0.39 is 0 Å². The van der Waals surface area contributed by atoms with Gasteiger partial charge in [0.25, 0.3) is 0 Å². The number of halogens is 1. The normalized spacial score (nSPS) is 16.6. The second kappa shape index (κ2) is 11.4. The van der Waals surface area contributed by atoms with Gasteiger partial charge in [0.05, 0.1) is 36.3 Å². The molecule has 8 nitrogen and oxygen atoms in total. The third-order valence-corrected chi connectivity index (χ3v) is 7.31. The molecule has 0 radical (unpaired) electrons. The minimum Gasteiger partial charge on any atom is -0.495 e. The Bertz CT molecular complexity index is 1560. The van der Waals surface area contributed by atoms with Gasteiger partial charge in [-0.25, -0.2) is 4.39 Å². The number of ether oxygens (including phenoxy) is 2. The molecule has 3 heterocycles. The first-order valence-electron chi connectivity index (χ1n) is 12.7. The van der Waals surface area contributed by atoms with Crippen molar-refractivity contribution in [2.45, 2.75) is 25.9 Å². The maximum Gasteiger partial charge on any atom is 0.250 e. The molecule has 1 aliphatic heterocycles. The Morgan fingerprint density at radius 2 is 1.88 bits per heavy atom. The van der Waals surface area contributed by atoms with Gasteiger partial charge in [0.2, 0.25) is 5.91 Å². The van der Waals surface area contributed by atoms with Crippen molar-refractivity contribution in [3.63, 3.8) is 0 Å². The number of hydrogen-bond acceptors (Lipinski definition) is 5. The SMILES string of the molecule is COCC(=O)Nc1cc(N2C(=S)NC(c3ccccn3)C2c2cc(C)n(-c3ccccc3F)c2C)ccc1OC. The van der Waals surface area contributed by atoms with Crippen molar-refractivity contribution in [3.8, 4) is 11.4 Å². The van der Waals surface area contributed by atoms with Crippen molar-refractivity contribution in [2.24, 2.45) is 0 Å². The molecule has 0 spiro atoms. The van der Waals surface area contributed by atoms with Gasteiger partial charge in [0.15, 0.2) is 5.11 Å². The average molecular weight is 560 g/mol. The van der Waals surface area contributed by atoms with Gasteiger partial charge in [0, 0.05) is 30.4 Å². The van der Waals surface area contributed by atoms with Crippen LogP contribution < -0.4 is 20.3 Å². The molecule has 10 heteroatoms. The summed E-state index contributed by atoms with van der Waals surface area (Å²) < 4.78 is 27.3. The van der Waals surface area contributed by atoms with E-state index in [1.54, 1.807) is 31.5 Å². The Kier molecular flexibility index (Phi) is 7.81. The van der Waals surface area contributed by atoms with Crippen LogP contribution in [0.25, 0.3) is 5.69 Å². The molecule has 1 amide bonds. The second-order valence-corrected chi connectivity index (χ2v) is 9.86. The average Bonchev–Trinajstić information content (AvgIpc) is 3.44. The largest absolute Gasteiger partial charge is 0.495 e. The van der Waals surface area contributed by atoms with E-state index in [2.05, 4.69) is 21.7 Å². The Labute approximate surface area is 237 Å². The van der Waals surface area contributed by atoms with Crippen LogP contribution in [0.1, 0.15) is 34.7 Å². The fraction of sp³-hybridized carbons (Fsp3) is 0.233. The summed E-state index contributed by atoms with van der Waals surface area (Å²) in [6.45, 7) is 3.85. The summed E-state index contributed by atoms with van der Waals surface area (Å²) in [4.78, 5) is 19.0. The fourth-order valence-electron chi connectivity index (χ4n) is 5.30. The van der Waals surface area contributed by atoms with E-state index >= 15 is 0 Å². The van der Waals surface area contributed by atoms with Crippen LogP contribution in [0.15, 0.2) is 72.9 Å². The molecule has 40 heavy (non-hydrogen) atoms. The molecule has 2 aromatic heterocycles. The highest BCUT2D eigenvalue weighted by Gasteiger charge is 2.42. The van der Waals surface area contributed by atoms with E-state index in [0.29, 0.717) is 22.2 Å². The predicted molar refractivity (Wildman–Crippen MR) is 157 cm³/mol. The number of aromatic nitrogens is 2. The molecule has 1 aliphatic rings. The number of anilines is 2. The van der Waals surface area contributed by atoms with Gasteiger partial charge in [-0.2, -0.15) is 0 Å². The lowest BCUT2D eigenvalue weighted by atomic mass is 9.96. The second-order valence-electron chi connectivity index (χ2n) is 9.48. The third kappa shape index (κ3) is 5.03. The molecule has 4 aromatic rings. The number of carbonyl (C=O) groups excluding carboxylic acids is 1. The number of carbonyl (C=O) groups is 1. The zero-order chi connectivity index (χ0) is 28.4. The topological polar surface area (TPSA) is 80.7 Å². The van der Waals surface area contributed by atoms with Crippen LogP contribution in [0.2, 0.25) is 0 Å². The Hall–Kier alpha value is -4.28. The first-order valence-corrected chi connectivity index (χ1v) is 13.2. The van der Waals surface area contributed by atoms with E-state index in [9.17, 15) is 9.18 Å². The predicted octanol–water partition coefficient (Wildman–Crippen LogP) is 5.40. The summed E-state index contributed by atoms with van der Waals surface area (Å²) in [7, 11) is 3.00. The number of nitrogens with zero attached hydrogens (tertiary/aromatic N) is 3. The zero-order valence-corrected chi connectivity index (χ0v) is 23.5. The Morgan fingerprint density at radius 3 is 2.58 bits per heavy atom. The van der Waals surface area contributed by atoms with Crippen LogP contribution in [0.5, 0.6) is 5.75 Å². The first-order chi connectivity index (χ1) is 19.3. The maximum absolute atomic E-state index is 14.9. The van der Waals surface area contributed by atoms with Crippen LogP contribution in [-0.2, 0) is 9.53 Å². The van der Waals surface area contributed by atoms with E-state index in [-0.39, 0.29) is 30.4 Å². The van der Waals surface area contributed by atoms with Crippen molar-refractivity contribution in [1.82, 2.24) is 14.9 Å². The highest BCUT2D eigenvalue weighted by molar-refractivity contribution is 7.80. The summed E-state index contributed by atoms with van der Waals surface area (Å²) in [5, 5.41) is 6.81. The molecule has 0 aliphatic carbocycles. The third-order valence-electron chi connectivity index (χ3n) is 6.99. The van der Waals surface area contributed by atoms with Gasteiger partial charge in [-0.05, 0) is 80.2 Å². The van der Waals surface area contributed by atoms with E-state index in [0.717, 1.165) is 28.3 Å². The molecule has 206 valence electrons. The number of para-hydroxylation sites is 1. The monoisotopic (exact) mass is 559 g/mol. The van der Waals surface area contributed by atoms with E-state index in [1.165, 1.54) is 13.2 Å². The van der Waals surface area contributed by atoms with Crippen molar-refractivity contribution in [3.05, 3.63) is 101 Å². The first kappa shape index (κ1) is 27.3. The van der Waals surface area contributed by atoms with E-state index in [4.69, 9.17) is 21.7 Å². The van der Waals surface area contributed by atoms with Crippen molar-refractivity contribution in [2.75, 3.05) is 31.0 Å². The van der Waals surface area contributed by atoms with Gasteiger partial charge in [0.1, 0.15) is 18.2 Å². The van der Waals surface area contributed by atoms with Crippen LogP contribution in [0.3, 0.4) is 0 Å². The highest BCUT2D eigenvalue weighted by atomic mass is 32.1. The number of amides is 1. The summed E-state index contributed by atoms with van der Waals surface area (Å²) in [5.41, 5.74) is 5.25. The quantitative estimate of drug-likeness (QED) is 0.280. The lowest BCUT2D eigenvalue weighted by Crippen LogP contribution is -2.29. The lowest BCUT2D eigenvalue weighted by molar-refractivity contribution is -0.119. The molecule has 0 bridgehead atoms. The molecule has 2 atom stereocenters. The number of benzene rings is 2. The van der Waals surface area contributed by atoms with Gasteiger partial charge in [-0.1, -0.05) is 18.2 Å². The molecule has 5 rings (SSSR count). The van der Waals surface area contributed by atoms with Crippen molar-refractivity contribution in [1.29, 1.82) is 0 Å². The van der Waals surface area contributed by atoms with Crippen molar-refractivity contribution < 1.29 is 18.7 Å². The number of methoxy groups -OCH3 is 2. The molecular formula is C30H30FN5O3S. The highest BCUT2D eigenvalue weighted by Crippen LogP contribution is 2.45. The maximum atomic E-state index is 14.9. The molecule has 1 fully saturated rings. The Morgan fingerprint density at radius 1 is 1.10 bits per heavy atom. The van der Waals surface area contributed by atoms with Crippen molar-refractivity contribution >= 4 is 34.6 Å². The van der Waals surface area contributed by atoms with Crippen LogP contribution in [0, 0.1) is 19.7 Å². The number of aryl methyl sites for hydroxylation is 1. The lowest BCUT2D eigenvalue weighted by Gasteiger charge is -2.29. The Balaban J connectivity index is 1.66. The molecule has 1 saturated heterocycles. The van der Waals surface area contributed by atoms with Gasteiger partial charge >= 0.3 is 0 Å². The number of nitrogens with one attached hydrogen (secondary N) is 2. The van der Waals surface area contributed by atoms with Crippen LogP contribution >= 0.6 is 12.2 Å². The van der Waals surface area contributed by atoms with Crippen LogP contribution in [-0.4, -0.2) is 41.4 Å². The van der Waals surface area contributed by atoms with E-state index in [1.807, 2.05) is 59.7 Å².